The van der Waals surface area contributed by atoms with Crippen LogP contribution in [-0.2, 0) is 15.6 Å². The van der Waals surface area contributed by atoms with Gasteiger partial charge in [0.15, 0.2) is 6.61 Å². The van der Waals surface area contributed by atoms with E-state index in [1.54, 1.807) is 0 Å². The van der Waals surface area contributed by atoms with Crippen LogP contribution in [0.25, 0.3) is 0 Å². The second kappa shape index (κ2) is 5.24. The molecule has 0 aromatic heterocycles. The van der Waals surface area contributed by atoms with Gasteiger partial charge in [-0.15, -0.1) is 0 Å². The van der Waals surface area contributed by atoms with Crippen LogP contribution in [0.4, 0.5) is 0 Å². The molecule has 0 aliphatic rings. The summed E-state index contributed by atoms with van der Waals surface area (Å²) in [5.41, 5.74) is 2.24. The molecule has 106 valence electrons. The van der Waals surface area contributed by atoms with Crippen molar-refractivity contribution in [3.05, 3.63) is 29.3 Å². The molecular weight excluding hydrogens is 240 g/mol. The van der Waals surface area contributed by atoms with Gasteiger partial charge in [-0.1, -0.05) is 53.7 Å². The van der Waals surface area contributed by atoms with E-state index in [1.807, 2.05) is 12.1 Å². The molecule has 0 amide bonds. The average Bonchev–Trinajstić information content (AvgIpc) is 2.23. The van der Waals surface area contributed by atoms with E-state index in [2.05, 4.69) is 47.6 Å². The molecule has 0 saturated carbocycles. The van der Waals surface area contributed by atoms with Gasteiger partial charge in [0.1, 0.15) is 5.75 Å². The Bertz CT molecular complexity index is 462. The Balaban J connectivity index is 3.22. The summed E-state index contributed by atoms with van der Waals surface area (Å²) in [6, 6.07) is 6.01. The van der Waals surface area contributed by atoms with Crippen molar-refractivity contribution >= 4 is 5.97 Å². The van der Waals surface area contributed by atoms with Crippen molar-refractivity contribution in [2.45, 2.75) is 52.4 Å². The molecule has 0 heterocycles. The fraction of sp³-hybridized carbons (Fsp3) is 0.562. The second-order valence-corrected chi connectivity index (χ2v) is 6.89. The molecule has 0 fully saturated rings. The molecule has 3 heteroatoms. The highest BCUT2D eigenvalue weighted by Gasteiger charge is 2.23. The molecule has 19 heavy (non-hydrogen) atoms. The van der Waals surface area contributed by atoms with E-state index in [-0.39, 0.29) is 17.4 Å². The third-order valence-corrected chi connectivity index (χ3v) is 3.00. The maximum Gasteiger partial charge on any atom is 0.341 e. The van der Waals surface area contributed by atoms with Crippen molar-refractivity contribution in [3.8, 4) is 5.75 Å². The van der Waals surface area contributed by atoms with Gasteiger partial charge in [0.2, 0.25) is 0 Å². The highest BCUT2D eigenvalue weighted by Crippen LogP contribution is 2.35. The standard InChI is InChI=1S/C16H24O3/c1-15(2,3)11-7-8-13(19-10-14(17)18)12(9-11)16(4,5)6/h7-9H,10H2,1-6H3,(H,17,18). The summed E-state index contributed by atoms with van der Waals surface area (Å²) in [5, 5.41) is 8.73. The number of rotatable bonds is 3. The topological polar surface area (TPSA) is 46.5 Å². The number of carboxylic acids is 1. The summed E-state index contributed by atoms with van der Waals surface area (Å²) >= 11 is 0. The molecule has 0 unspecified atom stereocenters. The normalized spacial score (nSPS) is 12.3. The molecule has 0 spiro atoms. The zero-order valence-electron chi connectivity index (χ0n) is 12.7. The largest absolute Gasteiger partial charge is 0.482 e. The Kier molecular flexibility index (Phi) is 4.28. The molecule has 3 nitrogen and oxygen atoms in total. The van der Waals surface area contributed by atoms with Gasteiger partial charge < -0.3 is 9.84 Å². The maximum atomic E-state index is 10.6. The van der Waals surface area contributed by atoms with Gasteiger partial charge in [0, 0.05) is 0 Å². The first-order chi connectivity index (χ1) is 8.51. The van der Waals surface area contributed by atoms with E-state index < -0.39 is 5.97 Å². The molecule has 0 radical (unpaired) electrons. The minimum absolute atomic E-state index is 0.0608. The molecule has 1 rings (SSSR count). The first kappa shape index (κ1) is 15.5. The van der Waals surface area contributed by atoms with E-state index in [0.29, 0.717) is 5.75 Å². The Labute approximate surface area is 115 Å². The minimum atomic E-state index is -0.959. The van der Waals surface area contributed by atoms with E-state index in [9.17, 15) is 4.79 Å². The van der Waals surface area contributed by atoms with Crippen LogP contribution in [0.15, 0.2) is 18.2 Å². The molecule has 0 atom stereocenters. The van der Waals surface area contributed by atoms with Crippen LogP contribution in [0.2, 0.25) is 0 Å². The van der Waals surface area contributed by atoms with Crippen molar-refractivity contribution in [1.29, 1.82) is 0 Å². The van der Waals surface area contributed by atoms with E-state index in [4.69, 9.17) is 9.84 Å². The van der Waals surface area contributed by atoms with Crippen LogP contribution in [0.1, 0.15) is 52.7 Å². The quantitative estimate of drug-likeness (QED) is 0.904. The Morgan fingerprint density at radius 3 is 2.11 bits per heavy atom. The zero-order chi connectivity index (χ0) is 14.8. The number of carbonyl (C=O) groups is 1. The third kappa shape index (κ3) is 4.27. The summed E-state index contributed by atoms with van der Waals surface area (Å²) in [5.74, 6) is -0.303. The van der Waals surface area contributed by atoms with E-state index >= 15 is 0 Å². The molecule has 1 aromatic rings. The van der Waals surface area contributed by atoms with Crippen LogP contribution in [-0.4, -0.2) is 17.7 Å². The number of ether oxygens (including phenoxy) is 1. The lowest BCUT2D eigenvalue weighted by molar-refractivity contribution is -0.139. The lowest BCUT2D eigenvalue weighted by Gasteiger charge is -2.27. The Morgan fingerprint density at radius 2 is 1.68 bits per heavy atom. The van der Waals surface area contributed by atoms with Crippen LogP contribution in [0, 0.1) is 0 Å². The summed E-state index contributed by atoms with van der Waals surface area (Å²) in [6.07, 6.45) is 0. The molecule has 1 N–H and O–H groups in total. The molecule has 0 aliphatic heterocycles. The highest BCUT2D eigenvalue weighted by atomic mass is 16.5. The van der Waals surface area contributed by atoms with Crippen molar-refractivity contribution in [3.63, 3.8) is 0 Å². The monoisotopic (exact) mass is 264 g/mol. The van der Waals surface area contributed by atoms with Crippen molar-refractivity contribution in [2.24, 2.45) is 0 Å². The van der Waals surface area contributed by atoms with Gasteiger partial charge in [-0.05, 0) is 28.0 Å². The van der Waals surface area contributed by atoms with Gasteiger partial charge in [-0.3, -0.25) is 0 Å². The average molecular weight is 264 g/mol. The van der Waals surface area contributed by atoms with Crippen molar-refractivity contribution in [1.82, 2.24) is 0 Å². The fourth-order valence-electron chi connectivity index (χ4n) is 1.85. The zero-order valence-corrected chi connectivity index (χ0v) is 12.7. The van der Waals surface area contributed by atoms with Gasteiger partial charge in [0.05, 0.1) is 0 Å². The predicted molar refractivity (Wildman–Crippen MR) is 77.0 cm³/mol. The molecule has 0 bridgehead atoms. The maximum absolute atomic E-state index is 10.6. The van der Waals surface area contributed by atoms with Crippen LogP contribution < -0.4 is 4.74 Å². The Hall–Kier alpha value is -1.51. The van der Waals surface area contributed by atoms with Crippen LogP contribution in [0.5, 0.6) is 5.75 Å². The number of aliphatic carboxylic acids is 1. The summed E-state index contributed by atoms with van der Waals surface area (Å²) in [4.78, 5) is 10.6. The predicted octanol–water partition coefficient (Wildman–Crippen LogP) is 3.75. The molecular formula is C16H24O3. The van der Waals surface area contributed by atoms with Gasteiger partial charge >= 0.3 is 5.97 Å². The van der Waals surface area contributed by atoms with E-state index in [0.717, 1.165) is 5.56 Å². The number of hydrogen-bond acceptors (Lipinski definition) is 2. The van der Waals surface area contributed by atoms with Crippen LogP contribution >= 0.6 is 0 Å². The first-order valence-corrected chi connectivity index (χ1v) is 6.51. The third-order valence-electron chi connectivity index (χ3n) is 3.00. The number of hydrogen-bond donors (Lipinski definition) is 1. The lowest BCUT2D eigenvalue weighted by atomic mass is 9.80. The van der Waals surface area contributed by atoms with Gasteiger partial charge in [-0.2, -0.15) is 0 Å². The lowest BCUT2D eigenvalue weighted by Crippen LogP contribution is -2.19. The highest BCUT2D eigenvalue weighted by molar-refractivity contribution is 5.68. The number of carboxylic acid groups (broad SMARTS) is 1. The summed E-state index contributed by atoms with van der Waals surface area (Å²) in [6.45, 7) is 12.5. The fourth-order valence-corrected chi connectivity index (χ4v) is 1.85. The minimum Gasteiger partial charge on any atom is -0.482 e. The van der Waals surface area contributed by atoms with Crippen molar-refractivity contribution < 1.29 is 14.6 Å². The Morgan fingerprint density at radius 1 is 1.11 bits per heavy atom. The smallest absolute Gasteiger partial charge is 0.341 e. The first-order valence-electron chi connectivity index (χ1n) is 6.51. The second-order valence-electron chi connectivity index (χ2n) is 6.89. The van der Waals surface area contributed by atoms with Crippen molar-refractivity contribution in [2.75, 3.05) is 6.61 Å². The van der Waals surface area contributed by atoms with Gasteiger partial charge in [-0.25, -0.2) is 4.79 Å². The van der Waals surface area contributed by atoms with E-state index in [1.165, 1.54) is 5.56 Å². The summed E-state index contributed by atoms with van der Waals surface area (Å²) in [7, 11) is 0. The molecule has 0 aliphatic carbocycles. The molecule has 0 saturated heterocycles. The van der Waals surface area contributed by atoms with Gasteiger partial charge in [0.25, 0.3) is 0 Å². The molecule has 1 aromatic carbocycles. The number of benzene rings is 1. The SMILES string of the molecule is CC(C)(C)c1ccc(OCC(=O)O)c(C(C)(C)C)c1. The summed E-state index contributed by atoms with van der Waals surface area (Å²) < 4.78 is 5.39. The van der Waals surface area contributed by atoms with Crippen LogP contribution in [0.3, 0.4) is 0 Å².